The monoisotopic (exact) mass is 268 g/mol. The molecule has 0 spiro atoms. The van der Waals surface area contributed by atoms with E-state index in [0.29, 0.717) is 5.56 Å². The lowest BCUT2D eigenvalue weighted by atomic mass is 10.0. The van der Waals surface area contributed by atoms with Gasteiger partial charge in [0.1, 0.15) is 5.82 Å². The van der Waals surface area contributed by atoms with Gasteiger partial charge in [-0.15, -0.1) is 0 Å². The van der Waals surface area contributed by atoms with Gasteiger partial charge < -0.3 is 0 Å². The maximum atomic E-state index is 13.3. The van der Waals surface area contributed by atoms with E-state index in [0.717, 1.165) is 6.07 Å². The van der Waals surface area contributed by atoms with Gasteiger partial charge >= 0.3 is 0 Å². The van der Waals surface area contributed by atoms with E-state index in [1.807, 2.05) is 0 Å². The zero-order valence-corrected chi connectivity index (χ0v) is 10.1. The van der Waals surface area contributed by atoms with Crippen LogP contribution in [0.4, 0.5) is 4.39 Å². The highest BCUT2D eigenvalue weighted by Gasteiger charge is 2.16. The Hall–Kier alpha value is -1.38. The van der Waals surface area contributed by atoms with Crippen LogP contribution >= 0.6 is 23.2 Å². The van der Waals surface area contributed by atoms with Crippen molar-refractivity contribution in [3.8, 4) is 0 Å². The van der Waals surface area contributed by atoms with Crippen LogP contribution in [-0.2, 0) is 0 Å². The molecular formula is C13H7Cl2FO. The molecule has 0 N–H and O–H groups in total. The molecule has 0 aromatic heterocycles. The van der Waals surface area contributed by atoms with E-state index in [4.69, 9.17) is 23.2 Å². The van der Waals surface area contributed by atoms with Gasteiger partial charge in [-0.3, -0.25) is 4.79 Å². The van der Waals surface area contributed by atoms with Gasteiger partial charge in [-0.1, -0.05) is 53.5 Å². The van der Waals surface area contributed by atoms with E-state index in [-0.39, 0.29) is 21.4 Å². The van der Waals surface area contributed by atoms with Gasteiger partial charge in [0.2, 0.25) is 0 Å². The Morgan fingerprint density at radius 3 is 2.35 bits per heavy atom. The molecule has 4 heteroatoms. The summed E-state index contributed by atoms with van der Waals surface area (Å²) in [6, 6.07) is 10.9. The number of hydrogen-bond acceptors (Lipinski definition) is 1. The van der Waals surface area contributed by atoms with Crippen LogP contribution in [0.5, 0.6) is 0 Å². The summed E-state index contributed by atoms with van der Waals surface area (Å²) in [4.78, 5) is 12.1. The fourth-order valence-corrected chi connectivity index (χ4v) is 1.87. The minimum Gasteiger partial charge on any atom is -0.289 e. The Morgan fingerprint density at radius 1 is 1.06 bits per heavy atom. The van der Waals surface area contributed by atoms with Crippen LogP contribution in [0.25, 0.3) is 0 Å². The molecule has 86 valence electrons. The summed E-state index contributed by atoms with van der Waals surface area (Å²) < 4.78 is 13.3. The van der Waals surface area contributed by atoms with Crippen LogP contribution in [-0.4, -0.2) is 5.78 Å². The van der Waals surface area contributed by atoms with Gasteiger partial charge in [0, 0.05) is 16.1 Å². The summed E-state index contributed by atoms with van der Waals surface area (Å²) in [7, 11) is 0. The van der Waals surface area contributed by atoms with E-state index in [9.17, 15) is 9.18 Å². The van der Waals surface area contributed by atoms with Gasteiger partial charge in [-0.2, -0.15) is 0 Å². The van der Waals surface area contributed by atoms with Crippen molar-refractivity contribution in [3.63, 3.8) is 0 Å². The average molecular weight is 269 g/mol. The van der Waals surface area contributed by atoms with Crippen molar-refractivity contribution in [3.05, 3.63) is 69.5 Å². The van der Waals surface area contributed by atoms with Crippen molar-refractivity contribution < 1.29 is 9.18 Å². The van der Waals surface area contributed by atoms with Crippen molar-refractivity contribution in [1.82, 2.24) is 0 Å². The highest BCUT2D eigenvalue weighted by Crippen LogP contribution is 2.26. The number of hydrogen-bond donors (Lipinski definition) is 0. The second-order valence-corrected chi connectivity index (χ2v) is 4.26. The summed E-state index contributed by atoms with van der Waals surface area (Å²) >= 11 is 11.5. The van der Waals surface area contributed by atoms with Gasteiger partial charge in [0.15, 0.2) is 5.78 Å². The summed E-state index contributed by atoms with van der Waals surface area (Å²) in [5, 5.41) is -0.0607. The Bertz CT molecular complexity index is 567. The molecule has 2 rings (SSSR count). The lowest BCUT2D eigenvalue weighted by Gasteiger charge is -2.05. The number of carbonyl (C=O) groups is 1. The van der Waals surface area contributed by atoms with E-state index >= 15 is 0 Å². The molecule has 0 atom stereocenters. The van der Waals surface area contributed by atoms with E-state index < -0.39 is 5.82 Å². The summed E-state index contributed by atoms with van der Waals surface area (Å²) in [6.07, 6.45) is 0. The van der Waals surface area contributed by atoms with Crippen molar-refractivity contribution in [2.24, 2.45) is 0 Å². The zero-order chi connectivity index (χ0) is 12.4. The van der Waals surface area contributed by atoms with Crippen molar-refractivity contribution in [1.29, 1.82) is 0 Å². The highest BCUT2D eigenvalue weighted by molar-refractivity contribution is 6.36. The van der Waals surface area contributed by atoms with E-state index in [1.54, 1.807) is 30.3 Å². The van der Waals surface area contributed by atoms with Crippen LogP contribution < -0.4 is 0 Å². The molecule has 0 fully saturated rings. The SMILES string of the molecule is O=C(c1ccccc1)c1cc(Cl)cc(F)c1Cl. The summed E-state index contributed by atoms with van der Waals surface area (Å²) in [6.45, 7) is 0. The zero-order valence-electron chi connectivity index (χ0n) is 8.58. The lowest BCUT2D eigenvalue weighted by molar-refractivity contribution is 0.103. The molecule has 0 aliphatic rings. The predicted octanol–water partition coefficient (Wildman–Crippen LogP) is 4.36. The number of rotatable bonds is 2. The van der Waals surface area contributed by atoms with E-state index in [1.165, 1.54) is 6.07 Å². The van der Waals surface area contributed by atoms with Crippen LogP contribution in [0.3, 0.4) is 0 Å². The van der Waals surface area contributed by atoms with Crippen LogP contribution in [0.2, 0.25) is 10.0 Å². The van der Waals surface area contributed by atoms with Crippen molar-refractivity contribution in [2.45, 2.75) is 0 Å². The van der Waals surface area contributed by atoms with Crippen LogP contribution in [0.1, 0.15) is 15.9 Å². The first-order chi connectivity index (χ1) is 8.09. The molecule has 0 aliphatic carbocycles. The minimum atomic E-state index is -0.696. The maximum Gasteiger partial charge on any atom is 0.194 e. The first kappa shape index (κ1) is 12.1. The largest absolute Gasteiger partial charge is 0.289 e. The first-order valence-corrected chi connectivity index (χ1v) is 5.59. The minimum absolute atomic E-state index is 0.0721. The fraction of sp³-hybridized carbons (Fsp3) is 0. The van der Waals surface area contributed by atoms with Gasteiger partial charge in [0.25, 0.3) is 0 Å². The summed E-state index contributed by atoms with van der Waals surface area (Å²) in [5.41, 5.74) is 0.513. The van der Waals surface area contributed by atoms with Crippen molar-refractivity contribution in [2.75, 3.05) is 0 Å². The topological polar surface area (TPSA) is 17.1 Å². The lowest BCUT2D eigenvalue weighted by Crippen LogP contribution is -2.03. The van der Waals surface area contributed by atoms with Crippen molar-refractivity contribution >= 4 is 29.0 Å². The van der Waals surface area contributed by atoms with E-state index in [2.05, 4.69) is 0 Å². The number of carbonyl (C=O) groups excluding carboxylic acids is 1. The van der Waals surface area contributed by atoms with Gasteiger partial charge in [-0.25, -0.2) is 4.39 Å². The third kappa shape index (κ3) is 2.48. The molecule has 17 heavy (non-hydrogen) atoms. The molecular weight excluding hydrogens is 262 g/mol. The second kappa shape index (κ2) is 4.86. The Morgan fingerprint density at radius 2 is 1.71 bits per heavy atom. The molecule has 0 amide bonds. The fourth-order valence-electron chi connectivity index (χ4n) is 1.47. The number of benzene rings is 2. The smallest absolute Gasteiger partial charge is 0.194 e. The average Bonchev–Trinajstić information content (AvgIpc) is 2.34. The Balaban J connectivity index is 2.52. The highest BCUT2D eigenvalue weighted by atomic mass is 35.5. The molecule has 2 aromatic carbocycles. The maximum absolute atomic E-state index is 13.3. The van der Waals surface area contributed by atoms with Gasteiger partial charge in [-0.05, 0) is 12.1 Å². The molecule has 0 saturated heterocycles. The molecule has 2 aromatic rings. The molecule has 0 radical (unpaired) electrons. The first-order valence-electron chi connectivity index (χ1n) is 4.84. The van der Waals surface area contributed by atoms with Crippen LogP contribution in [0, 0.1) is 5.82 Å². The summed E-state index contributed by atoms with van der Waals surface area (Å²) in [5.74, 6) is -1.05. The predicted molar refractivity (Wildman–Crippen MR) is 66.3 cm³/mol. The normalized spacial score (nSPS) is 10.3. The standard InChI is InChI=1S/C13H7Cl2FO/c14-9-6-10(12(15)11(16)7-9)13(17)8-4-2-1-3-5-8/h1-7H. The Kier molecular flexibility index (Phi) is 3.46. The van der Waals surface area contributed by atoms with Crippen LogP contribution in [0.15, 0.2) is 42.5 Å². The Labute approximate surface area is 108 Å². The molecule has 1 nitrogen and oxygen atoms in total. The number of halogens is 3. The molecule has 0 unspecified atom stereocenters. The second-order valence-electron chi connectivity index (χ2n) is 3.44. The molecule has 0 bridgehead atoms. The quantitative estimate of drug-likeness (QED) is 0.584. The number of ketones is 1. The molecule has 0 heterocycles. The molecule has 0 aliphatic heterocycles. The third-order valence-electron chi connectivity index (χ3n) is 2.27. The third-order valence-corrected chi connectivity index (χ3v) is 2.88. The molecule has 0 saturated carbocycles. The van der Waals surface area contributed by atoms with Gasteiger partial charge in [0.05, 0.1) is 5.02 Å².